The fraction of sp³-hybridized carbons (Fsp3) is 0.167. The number of hydrogen-bond acceptors (Lipinski definition) is 0. The fourth-order valence-corrected chi connectivity index (χ4v) is 0.970. The molecule has 0 bridgehead atoms. The predicted octanol–water partition coefficient (Wildman–Crippen LogP) is 3.37. The molecule has 0 unspecified atom stereocenters. The summed E-state index contributed by atoms with van der Waals surface area (Å²) in [6.45, 7) is 2.16. The van der Waals surface area contributed by atoms with Gasteiger partial charge in [-0.15, -0.1) is 0 Å². The first-order chi connectivity index (χ1) is 5.93. The predicted molar refractivity (Wildman–Crippen MR) is 53.4 cm³/mol. The summed E-state index contributed by atoms with van der Waals surface area (Å²) in [5, 5.41) is 0. The van der Waals surface area contributed by atoms with Crippen LogP contribution in [0.3, 0.4) is 0 Å². The molecule has 1 heteroatoms. The summed E-state index contributed by atoms with van der Waals surface area (Å²) in [4.78, 5) is 0. The molecule has 0 amide bonds. The van der Waals surface area contributed by atoms with Gasteiger partial charge in [0.2, 0.25) is 0 Å². The maximum absolute atomic E-state index is 2.16. The van der Waals surface area contributed by atoms with Crippen LogP contribution in [0.5, 0.6) is 0 Å². The van der Waals surface area contributed by atoms with Crippen molar-refractivity contribution in [2.75, 3.05) is 0 Å². The molecule has 0 aliphatic heterocycles. The maximum atomic E-state index is 2.16. The second-order valence-corrected chi connectivity index (χ2v) is 2.61. The first kappa shape index (κ1) is 12.2. The van der Waals surface area contributed by atoms with Crippen molar-refractivity contribution < 1.29 is 17.1 Å². The molecule has 0 radical (unpaired) electrons. The van der Waals surface area contributed by atoms with Crippen LogP contribution in [0.15, 0.2) is 54.6 Å². The third kappa shape index (κ3) is 5.46. The SMILES string of the molecule is CC[c-]1[cH-][cH-][cH-][cH-]1.[Fe].c1cc[cH-]c1. The van der Waals surface area contributed by atoms with E-state index < -0.39 is 0 Å². The molecule has 0 aliphatic carbocycles. The summed E-state index contributed by atoms with van der Waals surface area (Å²) in [6, 6.07) is 18.4. The molecule has 2 aromatic rings. The van der Waals surface area contributed by atoms with E-state index in [0.717, 1.165) is 6.42 Å². The van der Waals surface area contributed by atoms with Crippen molar-refractivity contribution in [1.82, 2.24) is 0 Å². The Morgan fingerprint density at radius 1 is 1.08 bits per heavy atom. The van der Waals surface area contributed by atoms with Crippen molar-refractivity contribution in [3.8, 4) is 0 Å². The summed E-state index contributed by atoms with van der Waals surface area (Å²) >= 11 is 0. The summed E-state index contributed by atoms with van der Waals surface area (Å²) in [5.41, 5.74) is 1.43. The zero-order valence-corrected chi connectivity index (χ0v) is 8.86. The Morgan fingerprint density at radius 2 is 1.62 bits per heavy atom. The summed E-state index contributed by atoms with van der Waals surface area (Å²) in [7, 11) is 0. The maximum Gasteiger partial charge on any atom is 0 e. The van der Waals surface area contributed by atoms with Crippen LogP contribution in [-0.4, -0.2) is 0 Å². The molecule has 0 N–H and O–H groups in total. The second-order valence-electron chi connectivity index (χ2n) is 2.61. The smallest absolute Gasteiger partial charge is 0 e. The monoisotopic (exact) mass is 214 g/mol. The molecule has 0 saturated carbocycles. The van der Waals surface area contributed by atoms with E-state index in [4.69, 9.17) is 0 Å². The van der Waals surface area contributed by atoms with Crippen molar-refractivity contribution in [2.45, 2.75) is 13.3 Å². The molecular weight excluding hydrogens is 200 g/mol. The second kappa shape index (κ2) is 7.85. The molecule has 2 rings (SSSR count). The molecule has 0 aromatic heterocycles. The third-order valence-corrected chi connectivity index (χ3v) is 1.70. The zero-order chi connectivity index (χ0) is 8.65. The molecule has 2 aromatic carbocycles. The van der Waals surface area contributed by atoms with Gasteiger partial charge < -0.3 is 29.8 Å². The normalized spacial score (nSPS) is 8.08. The van der Waals surface area contributed by atoms with E-state index in [0.29, 0.717) is 0 Å². The van der Waals surface area contributed by atoms with E-state index in [-0.39, 0.29) is 17.1 Å². The Kier molecular flexibility index (Phi) is 7.38. The number of aryl methyl sites for hydroxylation is 1. The average molecular weight is 214 g/mol. The van der Waals surface area contributed by atoms with Gasteiger partial charge in [-0.25, -0.2) is 18.6 Å². The quantitative estimate of drug-likeness (QED) is 0.504. The van der Waals surface area contributed by atoms with Gasteiger partial charge in [0.25, 0.3) is 0 Å². The Balaban J connectivity index is 0.000000215. The Labute approximate surface area is 90.8 Å². The van der Waals surface area contributed by atoms with E-state index in [1.807, 2.05) is 30.3 Å². The van der Waals surface area contributed by atoms with Crippen LogP contribution in [0.1, 0.15) is 12.5 Å². The molecule has 0 nitrogen and oxygen atoms in total. The molecule has 0 spiro atoms. The Bertz CT molecular complexity index is 236. The molecular formula is C12H14Fe-6. The van der Waals surface area contributed by atoms with Crippen molar-refractivity contribution in [1.29, 1.82) is 0 Å². The van der Waals surface area contributed by atoms with Crippen LogP contribution in [-0.2, 0) is 23.5 Å². The zero-order valence-electron chi connectivity index (χ0n) is 7.76. The van der Waals surface area contributed by atoms with E-state index in [1.165, 1.54) is 5.56 Å². The number of hydrogen-bond donors (Lipinski definition) is 0. The minimum atomic E-state index is 0. The van der Waals surface area contributed by atoms with Gasteiger partial charge in [-0.3, -0.25) is 0 Å². The first-order valence-electron chi connectivity index (χ1n) is 4.30. The van der Waals surface area contributed by atoms with Gasteiger partial charge in [-0.1, -0.05) is 6.92 Å². The van der Waals surface area contributed by atoms with Crippen molar-refractivity contribution in [3.63, 3.8) is 0 Å². The van der Waals surface area contributed by atoms with Gasteiger partial charge in [0.15, 0.2) is 0 Å². The molecule has 0 saturated heterocycles. The van der Waals surface area contributed by atoms with E-state index in [2.05, 4.69) is 31.2 Å². The van der Waals surface area contributed by atoms with Crippen molar-refractivity contribution >= 4 is 0 Å². The van der Waals surface area contributed by atoms with Gasteiger partial charge in [-0.2, -0.15) is 18.2 Å². The van der Waals surface area contributed by atoms with Crippen molar-refractivity contribution in [2.24, 2.45) is 0 Å². The van der Waals surface area contributed by atoms with Crippen LogP contribution in [0.2, 0.25) is 0 Å². The molecule has 0 heterocycles. The summed E-state index contributed by atoms with van der Waals surface area (Å²) in [5.74, 6) is 0. The summed E-state index contributed by atoms with van der Waals surface area (Å²) in [6.07, 6.45) is 1.16. The van der Waals surface area contributed by atoms with Gasteiger partial charge in [0.05, 0.1) is 0 Å². The topological polar surface area (TPSA) is 0 Å². The number of rotatable bonds is 1. The first-order valence-corrected chi connectivity index (χ1v) is 4.30. The Hall–Kier alpha value is -0.781. The van der Waals surface area contributed by atoms with Gasteiger partial charge in [0, 0.05) is 17.1 Å². The van der Waals surface area contributed by atoms with Crippen LogP contribution in [0, 0.1) is 0 Å². The molecule has 0 atom stereocenters. The summed E-state index contributed by atoms with van der Waals surface area (Å²) < 4.78 is 0. The van der Waals surface area contributed by atoms with Crippen LogP contribution in [0.25, 0.3) is 0 Å². The third-order valence-electron chi connectivity index (χ3n) is 1.70. The van der Waals surface area contributed by atoms with Gasteiger partial charge in [-0.05, 0) is 0 Å². The van der Waals surface area contributed by atoms with Crippen LogP contribution >= 0.6 is 0 Å². The Morgan fingerprint density at radius 3 is 1.85 bits per heavy atom. The van der Waals surface area contributed by atoms with Gasteiger partial charge >= 0.3 is 0 Å². The molecule has 0 fully saturated rings. The average Bonchev–Trinajstić information content (AvgIpc) is 2.81. The molecule has 0 aliphatic rings. The standard InChI is InChI=1S/C7H9.C5H5.Fe/c1-2-7-5-3-4-6-7;1-2-4-5-3-1;/h3-6H,2H2,1H3;1-5H;/q-5;-1;. The molecule has 13 heavy (non-hydrogen) atoms. The largest absolute Gasteiger partial charge is 0.748 e. The van der Waals surface area contributed by atoms with Crippen LogP contribution in [0.4, 0.5) is 0 Å². The van der Waals surface area contributed by atoms with Gasteiger partial charge in [0.1, 0.15) is 0 Å². The molecule has 76 valence electrons. The van der Waals surface area contributed by atoms with Crippen molar-refractivity contribution in [3.05, 3.63) is 60.2 Å². The van der Waals surface area contributed by atoms with E-state index in [9.17, 15) is 0 Å². The van der Waals surface area contributed by atoms with E-state index >= 15 is 0 Å². The minimum Gasteiger partial charge on any atom is -0.748 e. The minimum absolute atomic E-state index is 0. The van der Waals surface area contributed by atoms with E-state index in [1.54, 1.807) is 0 Å². The fourth-order valence-electron chi connectivity index (χ4n) is 0.970. The van der Waals surface area contributed by atoms with Crippen LogP contribution < -0.4 is 0 Å².